The van der Waals surface area contributed by atoms with Crippen LogP contribution >= 0.6 is 0 Å². The van der Waals surface area contributed by atoms with E-state index < -0.39 is 46.7 Å². The molecule has 13 nitrogen and oxygen atoms in total. The average Bonchev–Trinajstić information content (AvgIpc) is 3.78. The lowest BCUT2D eigenvalue weighted by atomic mass is 9.93. The number of aromatic nitrogens is 1. The van der Waals surface area contributed by atoms with Gasteiger partial charge in [0.05, 0.1) is 37.3 Å². The minimum Gasteiger partial charge on any atom is -0.486 e. The van der Waals surface area contributed by atoms with Crippen molar-refractivity contribution in [2.24, 2.45) is 0 Å². The van der Waals surface area contributed by atoms with Gasteiger partial charge >= 0.3 is 23.9 Å². The number of fused-ring (bicyclic) bond motifs is 3. The van der Waals surface area contributed by atoms with Gasteiger partial charge < -0.3 is 25.0 Å². The van der Waals surface area contributed by atoms with Gasteiger partial charge in [-0.15, -0.1) is 0 Å². The van der Waals surface area contributed by atoms with Crippen molar-refractivity contribution in [2.75, 3.05) is 0 Å². The van der Waals surface area contributed by atoms with Gasteiger partial charge in [0.2, 0.25) is 0 Å². The summed E-state index contributed by atoms with van der Waals surface area (Å²) in [5, 5.41) is 39.8. The maximum absolute atomic E-state index is 11.6. The van der Waals surface area contributed by atoms with E-state index >= 15 is 0 Å². The van der Waals surface area contributed by atoms with Gasteiger partial charge in [-0.05, 0) is 147 Å². The minimum atomic E-state index is -1.34. The first-order valence-corrected chi connectivity index (χ1v) is 23.0. The SMILES string of the molecule is [C-]#[N+]/C(=C\c1ccc(C(=Cc2ccc3c(c2)c2cc(C=C(c4ccc(/C=C(\[N+]#[C-])C(=O)O)cc4)c4ccc(/C=C(\[N+]#[C-])C(=O)O)cc4)ccc2n3-c2ccc(C)cc2)c2ccc(/C=C(\[N+]#[C-])C(=O)O)cc2)cc1)C(=O)O. The molecule has 8 rings (SSSR count). The highest BCUT2D eigenvalue weighted by Gasteiger charge is 2.17. The number of rotatable bonds is 15. The van der Waals surface area contributed by atoms with Gasteiger partial charge in [-0.25, -0.2) is 19.4 Å². The van der Waals surface area contributed by atoms with E-state index in [1.807, 2.05) is 91.9 Å². The minimum absolute atomic E-state index is 0.434. The van der Waals surface area contributed by atoms with Crippen LogP contribution in [0.5, 0.6) is 0 Å². The summed E-state index contributed by atoms with van der Waals surface area (Å²) < 4.78 is 2.19. The first-order chi connectivity index (χ1) is 36.7. The van der Waals surface area contributed by atoms with Crippen LogP contribution in [0.1, 0.15) is 61.2 Å². The summed E-state index contributed by atoms with van der Waals surface area (Å²) in [4.78, 5) is 59.0. The number of carboxylic acid groups (broad SMARTS) is 4. The van der Waals surface area contributed by atoms with Crippen LogP contribution in [0.4, 0.5) is 0 Å². The Morgan fingerprint density at radius 1 is 0.368 bits per heavy atom. The number of benzene rings is 7. The highest BCUT2D eigenvalue weighted by atomic mass is 16.4. The number of carbonyl (C=O) groups is 4. The summed E-state index contributed by atoms with van der Waals surface area (Å²) in [6, 6.07) is 48.9. The first-order valence-electron chi connectivity index (χ1n) is 23.0. The summed E-state index contributed by atoms with van der Waals surface area (Å²) in [5.41, 5.74) is 10.4. The maximum atomic E-state index is 11.6. The van der Waals surface area contributed by atoms with Crippen LogP contribution in [0.25, 0.3) is 94.5 Å². The smallest absolute Gasteiger partial charge is 0.333 e. The van der Waals surface area contributed by atoms with Crippen molar-refractivity contribution in [3.63, 3.8) is 0 Å². The van der Waals surface area contributed by atoms with Crippen molar-refractivity contribution in [3.8, 4) is 5.69 Å². The molecule has 0 atom stereocenters. The Bertz CT molecular complexity index is 3630. The van der Waals surface area contributed by atoms with Crippen LogP contribution in [0.2, 0.25) is 0 Å². The standard InChI is InChI=1S/C63H39N5O8/c1-38-6-26-49(27-7-38)68-58-28-16-43(30-50(45-18-8-39(9-19-45)34-54(64-2)60(69)70)46-20-10-40(11-21-46)35-55(65-3)61(71)72)32-52(58)53-33-44(17-29-59(53)68)31-51(47-22-12-41(13-23-47)36-56(66-4)62(73)74)48-24-14-42(15-25-48)37-57(67-5)63(75)76/h6-37H,1H3,(H,69,70)(H,71,72)(H,73,74)(H,75,76)/b54-34-,55-35-,56-36-,57-37-. The third-order valence-corrected chi connectivity index (χ3v) is 12.2. The molecule has 0 unspecified atom stereocenters. The fraction of sp³-hybridized carbons (Fsp3) is 0.0159. The Balaban J connectivity index is 1.32. The van der Waals surface area contributed by atoms with Gasteiger partial charge in [0, 0.05) is 16.5 Å². The lowest BCUT2D eigenvalue weighted by molar-refractivity contribution is -0.133. The van der Waals surface area contributed by atoms with E-state index in [1.54, 1.807) is 48.5 Å². The molecule has 1 heterocycles. The number of hydrogen-bond donors (Lipinski definition) is 4. The Hall–Kier alpha value is -11.4. The van der Waals surface area contributed by atoms with Crippen LogP contribution < -0.4 is 0 Å². The van der Waals surface area contributed by atoms with Gasteiger partial charge in [0.25, 0.3) is 22.8 Å². The number of hydrogen-bond acceptors (Lipinski definition) is 4. The largest absolute Gasteiger partial charge is 0.486 e. The average molecular weight is 994 g/mol. The summed E-state index contributed by atoms with van der Waals surface area (Å²) in [6.45, 7) is 31.2. The molecule has 0 amide bonds. The monoisotopic (exact) mass is 993 g/mol. The molecule has 0 spiro atoms. The molecule has 0 radical (unpaired) electrons. The van der Waals surface area contributed by atoms with E-state index in [-0.39, 0.29) is 0 Å². The number of aryl methyl sites for hydroxylation is 1. The lowest BCUT2D eigenvalue weighted by Crippen LogP contribution is -1.96. The summed E-state index contributed by atoms with van der Waals surface area (Å²) >= 11 is 0. The Labute approximate surface area is 435 Å². The quantitative estimate of drug-likeness (QED) is 0.0446. The first kappa shape index (κ1) is 51.0. The Kier molecular flexibility index (Phi) is 15.0. The highest BCUT2D eigenvalue weighted by Crippen LogP contribution is 2.37. The predicted molar refractivity (Wildman–Crippen MR) is 294 cm³/mol. The molecule has 1 aromatic heterocycles. The van der Waals surface area contributed by atoms with Gasteiger partial charge in [-0.1, -0.05) is 127 Å². The number of carboxylic acids is 4. The molecule has 13 heteroatoms. The normalized spacial score (nSPS) is 11.6. The molecule has 8 aromatic rings. The van der Waals surface area contributed by atoms with Crippen molar-refractivity contribution >= 4 is 93.3 Å². The molecule has 0 saturated heterocycles. The number of aliphatic carboxylic acids is 4. The van der Waals surface area contributed by atoms with Crippen molar-refractivity contribution in [1.29, 1.82) is 0 Å². The molecule has 0 saturated carbocycles. The molecule has 4 N–H and O–H groups in total. The molecule has 0 fully saturated rings. The zero-order chi connectivity index (χ0) is 54.0. The second-order valence-corrected chi connectivity index (χ2v) is 17.1. The summed E-state index contributed by atoms with van der Waals surface area (Å²) in [6.07, 6.45) is 9.21. The van der Waals surface area contributed by atoms with Gasteiger partial charge in [-0.3, -0.25) is 19.2 Å². The van der Waals surface area contributed by atoms with Crippen molar-refractivity contribution < 1.29 is 39.6 Å². The van der Waals surface area contributed by atoms with Crippen molar-refractivity contribution in [1.82, 2.24) is 4.57 Å². The summed E-state index contributed by atoms with van der Waals surface area (Å²) in [7, 11) is 0. The van der Waals surface area contributed by atoms with Crippen LogP contribution in [0, 0.1) is 33.2 Å². The van der Waals surface area contributed by atoms with E-state index in [2.05, 4.69) is 60.3 Å². The molecule has 0 bridgehead atoms. The second kappa shape index (κ2) is 22.4. The molecule has 364 valence electrons. The Morgan fingerprint density at radius 2 is 0.632 bits per heavy atom. The lowest BCUT2D eigenvalue weighted by Gasteiger charge is -2.11. The summed E-state index contributed by atoms with van der Waals surface area (Å²) in [5.74, 6) is -5.36. The third-order valence-electron chi connectivity index (χ3n) is 12.2. The molecule has 0 aliphatic heterocycles. The van der Waals surface area contributed by atoms with Crippen LogP contribution in [0.15, 0.2) is 181 Å². The highest BCUT2D eigenvalue weighted by molar-refractivity contribution is 6.11. The molecule has 76 heavy (non-hydrogen) atoms. The van der Waals surface area contributed by atoms with E-state index in [1.165, 1.54) is 24.3 Å². The second-order valence-electron chi connectivity index (χ2n) is 17.1. The van der Waals surface area contributed by atoms with Crippen molar-refractivity contribution in [3.05, 3.63) is 287 Å². The third kappa shape index (κ3) is 11.4. The fourth-order valence-electron chi connectivity index (χ4n) is 8.44. The molecular weight excluding hydrogens is 955 g/mol. The van der Waals surface area contributed by atoms with Crippen LogP contribution in [-0.2, 0) is 19.2 Å². The van der Waals surface area contributed by atoms with Crippen molar-refractivity contribution in [2.45, 2.75) is 6.92 Å². The topological polar surface area (TPSA) is 172 Å². The van der Waals surface area contributed by atoms with E-state index in [4.69, 9.17) is 26.3 Å². The maximum Gasteiger partial charge on any atom is 0.333 e. The predicted octanol–water partition coefficient (Wildman–Crippen LogP) is 13.6. The van der Waals surface area contributed by atoms with E-state index in [9.17, 15) is 39.6 Å². The van der Waals surface area contributed by atoms with E-state index in [0.29, 0.717) is 22.3 Å². The number of nitrogens with zero attached hydrogens (tertiary/aromatic N) is 5. The van der Waals surface area contributed by atoms with Crippen LogP contribution in [-0.4, -0.2) is 48.9 Å². The zero-order valence-corrected chi connectivity index (χ0v) is 40.1. The molecule has 0 aliphatic carbocycles. The molecular formula is C63H39N5O8. The van der Waals surface area contributed by atoms with Gasteiger partial charge in [0.15, 0.2) is 0 Å². The molecule has 0 aliphatic rings. The van der Waals surface area contributed by atoms with Crippen LogP contribution in [0.3, 0.4) is 0 Å². The molecule has 7 aromatic carbocycles. The van der Waals surface area contributed by atoms with E-state index in [0.717, 1.165) is 77.6 Å². The zero-order valence-electron chi connectivity index (χ0n) is 40.1. The van der Waals surface area contributed by atoms with Gasteiger partial charge in [-0.2, -0.15) is 0 Å². The fourth-order valence-corrected chi connectivity index (χ4v) is 8.44. The Morgan fingerprint density at radius 3 is 0.882 bits per heavy atom. The van der Waals surface area contributed by atoms with Gasteiger partial charge in [0.1, 0.15) is 0 Å².